The highest BCUT2D eigenvalue weighted by Crippen LogP contribution is 2.18. The summed E-state index contributed by atoms with van der Waals surface area (Å²) in [5, 5.41) is 1.75. The molecule has 1 N–H and O–H groups in total. The van der Waals surface area contributed by atoms with Gasteiger partial charge in [-0.25, -0.2) is 0 Å². The lowest BCUT2D eigenvalue weighted by Crippen LogP contribution is -2.47. The third-order valence-corrected chi connectivity index (χ3v) is 4.44. The van der Waals surface area contributed by atoms with E-state index in [1.807, 2.05) is 18.2 Å². The number of hydrogen-bond donors (Lipinski definition) is 1. The number of carbonyl (C=O) groups excluding carboxylic acids is 2. The SMILES string of the molecule is COc1ccc(C(=O)NN2C=CC(=O)C[C@@H]2CCc2ccccc2)cc1. The fraction of sp³-hybridized carbons (Fsp3) is 0.238. The van der Waals surface area contributed by atoms with Crippen molar-refractivity contribution >= 4 is 11.7 Å². The lowest BCUT2D eigenvalue weighted by atomic mass is 9.99. The summed E-state index contributed by atoms with van der Waals surface area (Å²) in [4.78, 5) is 24.3. The van der Waals surface area contributed by atoms with Gasteiger partial charge in [0, 0.05) is 18.2 Å². The van der Waals surface area contributed by atoms with Gasteiger partial charge in [0.1, 0.15) is 5.75 Å². The summed E-state index contributed by atoms with van der Waals surface area (Å²) in [7, 11) is 1.59. The third-order valence-electron chi connectivity index (χ3n) is 4.44. The summed E-state index contributed by atoms with van der Waals surface area (Å²) in [6.07, 6.45) is 5.19. The van der Waals surface area contributed by atoms with E-state index in [0.717, 1.165) is 12.8 Å². The van der Waals surface area contributed by atoms with E-state index in [1.54, 1.807) is 42.6 Å². The van der Waals surface area contributed by atoms with Gasteiger partial charge in [0.05, 0.1) is 13.2 Å². The average Bonchev–Trinajstić information content (AvgIpc) is 2.69. The zero-order valence-corrected chi connectivity index (χ0v) is 14.7. The normalized spacial score (nSPS) is 16.4. The molecular weight excluding hydrogens is 328 g/mol. The van der Waals surface area contributed by atoms with Crippen LogP contribution in [0.25, 0.3) is 0 Å². The van der Waals surface area contributed by atoms with Crippen molar-refractivity contribution in [3.05, 3.63) is 78.0 Å². The van der Waals surface area contributed by atoms with Crippen molar-refractivity contribution in [3.63, 3.8) is 0 Å². The van der Waals surface area contributed by atoms with E-state index in [9.17, 15) is 9.59 Å². The first-order chi connectivity index (χ1) is 12.7. The van der Waals surface area contributed by atoms with E-state index >= 15 is 0 Å². The second kappa shape index (κ2) is 8.34. The smallest absolute Gasteiger partial charge is 0.269 e. The molecule has 3 rings (SSSR count). The predicted molar refractivity (Wildman–Crippen MR) is 99.6 cm³/mol. The molecule has 0 saturated carbocycles. The van der Waals surface area contributed by atoms with Crippen LogP contribution in [0.3, 0.4) is 0 Å². The van der Waals surface area contributed by atoms with Crippen LogP contribution in [0.4, 0.5) is 0 Å². The molecule has 2 aromatic rings. The number of rotatable bonds is 6. The van der Waals surface area contributed by atoms with E-state index in [1.165, 1.54) is 11.6 Å². The van der Waals surface area contributed by atoms with Gasteiger partial charge in [0.2, 0.25) is 0 Å². The molecule has 0 spiro atoms. The van der Waals surface area contributed by atoms with Crippen LogP contribution in [0, 0.1) is 0 Å². The molecule has 0 fully saturated rings. The van der Waals surface area contributed by atoms with Crippen molar-refractivity contribution in [1.29, 1.82) is 0 Å². The lowest BCUT2D eigenvalue weighted by molar-refractivity contribution is -0.116. The largest absolute Gasteiger partial charge is 0.497 e. The lowest BCUT2D eigenvalue weighted by Gasteiger charge is -2.32. The van der Waals surface area contributed by atoms with Gasteiger partial charge < -0.3 is 4.74 Å². The monoisotopic (exact) mass is 350 g/mol. The van der Waals surface area contributed by atoms with Gasteiger partial charge in [-0.3, -0.25) is 20.0 Å². The number of carbonyl (C=O) groups is 2. The molecule has 134 valence electrons. The Morgan fingerprint density at radius 2 is 1.88 bits per heavy atom. The number of nitrogens with one attached hydrogen (secondary N) is 1. The molecule has 0 unspecified atom stereocenters. The van der Waals surface area contributed by atoms with Gasteiger partial charge in [-0.05, 0) is 48.7 Å². The first-order valence-corrected chi connectivity index (χ1v) is 8.64. The summed E-state index contributed by atoms with van der Waals surface area (Å²) >= 11 is 0. The topological polar surface area (TPSA) is 58.6 Å². The molecular formula is C21H22N2O3. The fourth-order valence-electron chi connectivity index (χ4n) is 2.96. The molecule has 0 aromatic heterocycles. The minimum atomic E-state index is -0.212. The highest BCUT2D eigenvalue weighted by Gasteiger charge is 2.24. The van der Waals surface area contributed by atoms with Crippen LogP contribution in [0.1, 0.15) is 28.8 Å². The Kier molecular flexibility index (Phi) is 5.69. The maximum absolute atomic E-state index is 12.5. The van der Waals surface area contributed by atoms with Gasteiger partial charge in [-0.2, -0.15) is 0 Å². The van der Waals surface area contributed by atoms with Crippen molar-refractivity contribution in [2.24, 2.45) is 0 Å². The number of ketones is 1. The summed E-state index contributed by atoms with van der Waals surface area (Å²) in [5.41, 5.74) is 4.65. The van der Waals surface area contributed by atoms with Gasteiger partial charge in [-0.1, -0.05) is 30.3 Å². The minimum absolute atomic E-state index is 0.0603. The molecule has 5 heteroatoms. The molecule has 0 saturated heterocycles. The number of ether oxygens (including phenoxy) is 1. The number of aryl methyl sites for hydroxylation is 1. The number of allylic oxidation sites excluding steroid dienone is 1. The summed E-state index contributed by atoms with van der Waals surface area (Å²) in [5.74, 6) is 0.570. The molecule has 1 atom stereocenters. The molecule has 1 aliphatic heterocycles. The molecule has 1 amide bonds. The maximum Gasteiger partial charge on any atom is 0.269 e. The summed E-state index contributed by atoms with van der Waals surface area (Å²) in [6.45, 7) is 0. The molecule has 26 heavy (non-hydrogen) atoms. The Bertz CT molecular complexity index is 785. The number of amides is 1. The van der Waals surface area contributed by atoms with Crippen LogP contribution in [0.2, 0.25) is 0 Å². The molecule has 5 nitrogen and oxygen atoms in total. The molecule has 1 heterocycles. The Morgan fingerprint density at radius 1 is 1.15 bits per heavy atom. The number of hydrazine groups is 1. The standard InChI is InChI=1S/C21H22N2O3/c1-26-20-11-8-17(9-12-20)21(25)22-23-14-13-19(24)15-18(23)10-7-16-5-3-2-4-6-16/h2-6,8-9,11-14,18H,7,10,15H2,1H3,(H,22,25)/t18-/m0/s1. The molecule has 2 aromatic carbocycles. The number of benzene rings is 2. The van der Waals surface area contributed by atoms with E-state index in [4.69, 9.17) is 4.74 Å². The minimum Gasteiger partial charge on any atom is -0.497 e. The van der Waals surface area contributed by atoms with E-state index in [-0.39, 0.29) is 17.7 Å². The Labute approximate surface area is 153 Å². The van der Waals surface area contributed by atoms with Crippen molar-refractivity contribution in [1.82, 2.24) is 10.4 Å². The van der Waals surface area contributed by atoms with E-state index < -0.39 is 0 Å². The highest BCUT2D eigenvalue weighted by atomic mass is 16.5. The molecule has 0 aliphatic carbocycles. The van der Waals surface area contributed by atoms with Crippen LogP contribution < -0.4 is 10.2 Å². The van der Waals surface area contributed by atoms with Crippen molar-refractivity contribution in [2.45, 2.75) is 25.3 Å². The Morgan fingerprint density at radius 3 is 2.58 bits per heavy atom. The van der Waals surface area contributed by atoms with Crippen LogP contribution in [0.15, 0.2) is 66.9 Å². The van der Waals surface area contributed by atoms with Crippen molar-refractivity contribution in [3.8, 4) is 5.75 Å². The predicted octanol–water partition coefficient (Wildman–Crippen LogP) is 3.13. The van der Waals surface area contributed by atoms with Crippen molar-refractivity contribution < 1.29 is 14.3 Å². The van der Waals surface area contributed by atoms with Crippen LogP contribution in [-0.2, 0) is 11.2 Å². The third kappa shape index (κ3) is 4.51. The van der Waals surface area contributed by atoms with Gasteiger partial charge in [0.25, 0.3) is 5.91 Å². The Hall–Kier alpha value is -3.08. The zero-order valence-electron chi connectivity index (χ0n) is 14.7. The van der Waals surface area contributed by atoms with Crippen LogP contribution in [0.5, 0.6) is 5.75 Å². The zero-order chi connectivity index (χ0) is 18.4. The average molecular weight is 350 g/mol. The first-order valence-electron chi connectivity index (χ1n) is 8.64. The van der Waals surface area contributed by atoms with Gasteiger partial charge >= 0.3 is 0 Å². The summed E-state index contributed by atoms with van der Waals surface area (Å²) < 4.78 is 5.11. The van der Waals surface area contributed by atoms with E-state index in [0.29, 0.717) is 17.7 Å². The maximum atomic E-state index is 12.5. The van der Waals surface area contributed by atoms with Crippen molar-refractivity contribution in [2.75, 3.05) is 7.11 Å². The van der Waals surface area contributed by atoms with Gasteiger partial charge in [-0.15, -0.1) is 0 Å². The summed E-state index contributed by atoms with van der Waals surface area (Å²) in [6, 6.07) is 17.0. The highest BCUT2D eigenvalue weighted by molar-refractivity contribution is 5.94. The van der Waals surface area contributed by atoms with E-state index in [2.05, 4.69) is 17.6 Å². The van der Waals surface area contributed by atoms with Gasteiger partial charge in [0.15, 0.2) is 5.78 Å². The molecule has 1 aliphatic rings. The van der Waals surface area contributed by atoms with Crippen LogP contribution in [-0.4, -0.2) is 29.9 Å². The second-order valence-corrected chi connectivity index (χ2v) is 6.24. The molecule has 0 radical (unpaired) electrons. The fourth-order valence-corrected chi connectivity index (χ4v) is 2.96. The molecule has 0 bridgehead atoms. The second-order valence-electron chi connectivity index (χ2n) is 6.24. The number of methoxy groups -OCH3 is 1. The Balaban J connectivity index is 1.65. The number of hydrogen-bond acceptors (Lipinski definition) is 4. The quantitative estimate of drug-likeness (QED) is 0.870. The number of nitrogens with zero attached hydrogens (tertiary/aromatic N) is 1. The van der Waals surface area contributed by atoms with Crippen LogP contribution >= 0.6 is 0 Å². The first kappa shape index (κ1) is 17.7.